The number of nitrogens with zero attached hydrogens (tertiary/aromatic N) is 2. The lowest BCUT2D eigenvalue weighted by molar-refractivity contribution is -0.117. The Kier molecular flexibility index (Phi) is 3.37. The van der Waals surface area contributed by atoms with E-state index in [1.165, 1.54) is 13.2 Å². The molecule has 0 radical (unpaired) electrons. The van der Waals surface area contributed by atoms with Crippen molar-refractivity contribution < 1.29 is 14.3 Å². The molecule has 1 fully saturated rings. The Labute approximate surface area is 104 Å². The fraction of sp³-hybridized carbons (Fsp3) is 0.500. The van der Waals surface area contributed by atoms with E-state index < -0.39 is 5.97 Å². The maximum Gasteiger partial charge on any atom is 0.356 e. The van der Waals surface area contributed by atoms with Gasteiger partial charge >= 0.3 is 5.97 Å². The molecule has 0 saturated carbocycles. The summed E-state index contributed by atoms with van der Waals surface area (Å²) < 4.78 is 4.56. The van der Waals surface area contributed by atoms with Gasteiger partial charge in [-0.3, -0.25) is 14.8 Å². The summed E-state index contributed by atoms with van der Waals surface area (Å²) in [6, 6.07) is 1.52. The fourth-order valence-corrected chi connectivity index (χ4v) is 2.03. The molecule has 7 heteroatoms. The molecule has 92 valence electrons. The summed E-state index contributed by atoms with van der Waals surface area (Å²) in [7, 11) is 1.29. The Hall–Kier alpha value is -1.50. The van der Waals surface area contributed by atoms with E-state index in [1.54, 1.807) is 4.90 Å². The van der Waals surface area contributed by atoms with E-state index in [-0.39, 0.29) is 17.5 Å². The van der Waals surface area contributed by atoms with Crippen LogP contribution in [0.1, 0.15) is 16.9 Å². The summed E-state index contributed by atoms with van der Waals surface area (Å²) in [5, 5.41) is 6.49. The second-order valence-electron chi connectivity index (χ2n) is 3.89. The predicted molar refractivity (Wildman–Crippen MR) is 64.2 cm³/mol. The number of amides is 1. The average molecular weight is 255 g/mol. The molecular formula is C10H13N3O3S. The molecule has 0 aliphatic carbocycles. The minimum absolute atomic E-state index is 0.00645. The molecule has 1 unspecified atom stereocenters. The normalized spacial score (nSPS) is 19.8. The van der Waals surface area contributed by atoms with E-state index in [0.29, 0.717) is 24.5 Å². The van der Waals surface area contributed by atoms with Crippen LogP contribution in [0.25, 0.3) is 0 Å². The lowest BCUT2D eigenvalue weighted by atomic mass is 10.1. The Morgan fingerprint density at radius 1 is 1.76 bits per heavy atom. The number of methoxy groups -OCH3 is 1. The van der Waals surface area contributed by atoms with E-state index in [2.05, 4.69) is 27.6 Å². The summed E-state index contributed by atoms with van der Waals surface area (Å²) in [6.45, 7) is 0.591. The standard InChI is InChI=1S/C10H13N3O3S/c1-16-10(15)7-3-8(12-11-7)13-4-6(5-17)2-9(13)14/h3,6,17H,2,4-5H2,1H3,(H,11,12). The third-order valence-corrected chi connectivity index (χ3v) is 3.23. The Balaban J connectivity index is 2.15. The number of esters is 1. The van der Waals surface area contributed by atoms with Crippen LogP contribution in [0.15, 0.2) is 6.07 Å². The number of nitrogens with one attached hydrogen (secondary N) is 1. The third-order valence-electron chi connectivity index (χ3n) is 2.71. The molecule has 1 saturated heterocycles. The molecule has 1 atom stereocenters. The lowest BCUT2D eigenvalue weighted by Gasteiger charge is -2.11. The Morgan fingerprint density at radius 2 is 2.53 bits per heavy atom. The van der Waals surface area contributed by atoms with E-state index in [9.17, 15) is 9.59 Å². The van der Waals surface area contributed by atoms with Crippen LogP contribution in [0.3, 0.4) is 0 Å². The number of hydrogen-bond donors (Lipinski definition) is 2. The molecule has 1 amide bonds. The zero-order chi connectivity index (χ0) is 12.4. The van der Waals surface area contributed by atoms with E-state index >= 15 is 0 Å². The van der Waals surface area contributed by atoms with Gasteiger partial charge in [0.1, 0.15) is 5.69 Å². The zero-order valence-corrected chi connectivity index (χ0v) is 10.2. The number of hydrogen-bond acceptors (Lipinski definition) is 5. The van der Waals surface area contributed by atoms with Gasteiger partial charge in [-0.25, -0.2) is 4.79 Å². The van der Waals surface area contributed by atoms with Gasteiger partial charge in [0.25, 0.3) is 0 Å². The third kappa shape index (κ3) is 2.28. The highest BCUT2D eigenvalue weighted by Crippen LogP contribution is 2.24. The van der Waals surface area contributed by atoms with Crippen LogP contribution >= 0.6 is 12.6 Å². The van der Waals surface area contributed by atoms with Crippen molar-refractivity contribution in [3.8, 4) is 0 Å². The van der Waals surface area contributed by atoms with Crippen LogP contribution in [0.2, 0.25) is 0 Å². The summed E-state index contributed by atoms with van der Waals surface area (Å²) in [5.41, 5.74) is 0.240. The van der Waals surface area contributed by atoms with Crippen molar-refractivity contribution in [2.75, 3.05) is 24.3 Å². The van der Waals surface area contributed by atoms with Crippen molar-refractivity contribution in [2.45, 2.75) is 6.42 Å². The topological polar surface area (TPSA) is 75.3 Å². The SMILES string of the molecule is COC(=O)c1cc(N2CC(CS)CC2=O)n[nH]1. The number of carbonyl (C=O) groups is 2. The molecule has 1 aliphatic heterocycles. The first-order valence-corrected chi connectivity index (χ1v) is 5.84. The van der Waals surface area contributed by atoms with Crippen LogP contribution in [0.5, 0.6) is 0 Å². The van der Waals surface area contributed by atoms with Gasteiger partial charge in [0.2, 0.25) is 5.91 Å². The molecule has 2 heterocycles. The van der Waals surface area contributed by atoms with Crippen LogP contribution in [-0.4, -0.2) is 41.5 Å². The van der Waals surface area contributed by atoms with Crippen molar-refractivity contribution in [2.24, 2.45) is 5.92 Å². The van der Waals surface area contributed by atoms with Crippen LogP contribution in [0.4, 0.5) is 5.82 Å². The van der Waals surface area contributed by atoms with Crippen LogP contribution in [0, 0.1) is 5.92 Å². The van der Waals surface area contributed by atoms with Gasteiger partial charge in [-0.05, 0) is 11.7 Å². The van der Waals surface area contributed by atoms with Gasteiger partial charge in [-0.2, -0.15) is 17.7 Å². The largest absolute Gasteiger partial charge is 0.464 e. The molecule has 0 spiro atoms. The molecule has 1 aliphatic rings. The Morgan fingerprint density at radius 3 is 3.12 bits per heavy atom. The fourth-order valence-electron chi connectivity index (χ4n) is 1.79. The van der Waals surface area contributed by atoms with Crippen molar-refractivity contribution >= 4 is 30.3 Å². The number of H-pyrrole nitrogens is 1. The second-order valence-corrected chi connectivity index (χ2v) is 4.25. The maximum absolute atomic E-state index is 11.7. The maximum atomic E-state index is 11.7. The number of aromatic nitrogens is 2. The molecule has 1 aromatic heterocycles. The molecular weight excluding hydrogens is 242 g/mol. The van der Waals surface area contributed by atoms with Gasteiger partial charge < -0.3 is 4.74 Å². The van der Waals surface area contributed by atoms with Gasteiger partial charge in [-0.1, -0.05) is 0 Å². The van der Waals surface area contributed by atoms with Gasteiger partial charge in [0.15, 0.2) is 5.82 Å². The van der Waals surface area contributed by atoms with Gasteiger partial charge in [0, 0.05) is 19.0 Å². The highest BCUT2D eigenvalue weighted by molar-refractivity contribution is 7.80. The summed E-state index contributed by atoms with van der Waals surface area (Å²) in [4.78, 5) is 24.5. The minimum Gasteiger partial charge on any atom is -0.464 e. The number of carbonyl (C=O) groups excluding carboxylic acids is 2. The number of aromatic amines is 1. The lowest BCUT2D eigenvalue weighted by Crippen LogP contribution is -2.25. The van der Waals surface area contributed by atoms with Crippen molar-refractivity contribution in [1.82, 2.24) is 10.2 Å². The summed E-state index contributed by atoms with van der Waals surface area (Å²) >= 11 is 4.18. The zero-order valence-electron chi connectivity index (χ0n) is 9.34. The molecule has 0 bridgehead atoms. The Bertz CT molecular complexity index is 446. The minimum atomic E-state index is -0.499. The number of rotatable bonds is 3. The van der Waals surface area contributed by atoms with Crippen LogP contribution in [-0.2, 0) is 9.53 Å². The average Bonchev–Trinajstić information content (AvgIpc) is 2.94. The first-order chi connectivity index (χ1) is 8.15. The van der Waals surface area contributed by atoms with Crippen molar-refractivity contribution in [3.05, 3.63) is 11.8 Å². The van der Waals surface area contributed by atoms with Crippen molar-refractivity contribution in [1.29, 1.82) is 0 Å². The van der Waals surface area contributed by atoms with E-state index in [0.717, 1.165) is 0 Å². The number of anilines is 1. The monoisotopic (exact) mass is 255 g/mol. The van der Waals surface area contributed by atoms with E-state index in [1.807, 2.05) is 0 Å². The highest BCUT2D eigenvalue weighted by atomic mass is 32.1. The summed E-state index contributed by atoms with van der Waals surface area (Å²) in [5.74, 6) is 0.869. The number of thiol groups is 1. The molecule has 17 heavy (non-hydrogen) atoms. The first-order valence-electron chi connectivity index (χ1n) is 5.20. The number of ether oxygens (including phenoxy) is 1. The van der Waals surface area contributed by atoms with Crippen LogP contribution < -0.4 is 4.90 Å². The molecule has 6 nitrogen and oxygen atoms in total. The van der Waals surface area contributed by atoms with Crippen molar-refractivity contribution in [3.63, 3.8) is 0 Å². The molecule has 1 N–H and O–H groups in total. The first kappa shape index (κ1) is 12.0. The predicted octanol–water partition coefficient (Wildman–Crippen LogP) is 0.479. The molecule has 1 aromatic rings. The smallest absolute Gasteiger partial charge is 0.356 e. The van der Waals surface area contributed by atoms with Gasteiger partial charge in [0.05, 0.1) is 7.11 Å². The quantitative estimate of drug-likeness (QED) is 0.608. The summed E-state index contributed by atoms with van der Waals surface area (Å²) in [6.07, 6.45) is 0.476. The van der Waals surface area contributed by atoms with Gasteiger partial charge in [-0.15, -0.1) is 0 Å². The molecule has 2 rings (SSSR count). The molecule has 0 aromatic carbocycles. The van der Waals surface area contributed by atoms with E-state index in [4.69, 9.17) is 0 Å². The highest BCUT2D eigenvalue weighted by Gasteiger charge is 2.31. The second kappa shape index (κ2) is 4.79.